The number of hydrogen-bond donors (Lipinski definition) is 0. The number of methoxy groups -OCH3 is 1. The monoisotopic (exact) mass is 264 g/mol. The summed E-state index contributed by atoms with van der Waals surface area (Å²) in [7, 11) is 1.70. The quantitative estimate of drug-likeness (QED) is 0.716. The molecule has 5 atom stereocenters. The van der Waals surface area contributed by atoms with Gasteiger partial charge in [-0.2, -0.15) is 0 Å². The Morgan fingerprint density at radius 3 is 2.89 bits per heavy atom. The summed E-state index contributed by atoms with van der Waals surface area (Å²) >= 11 is 0. The minimum absolute atomic E-state index is 0.0653. The molecule has 1 saturated carbocycles. The molecule has 3 heteroatoms. The van der Waals surface area contributed by atoms with Gasteiger partial charge in [0.05, 0.1) is 6.10 Å². The van der Waals surface area contributed by atoms with Gasteiger partial charge in [0.25, 0.3) is 0 Å². The summed E-state index contributed by atoms with van der Waals surface area (Å²) in [5.74, 6) is 1.77. The van der Waals surface area contributed by atoms with Crippen LogP contribution in [0.25, 0.3) is 0 Å². The maximum absolute atomic E-state index is 12.3. The molecule has 19 heavy (non-hydrogen) atoms. The Bertz CT molecular complexity index is 426. The van der Waals surface area contributed by atoms with Gasteiger partial charge >= 0.3 is 0 Å². The van der Waals surface area contributed by atoms with Crippen molar-refractivity contribution < 1.29 is 14.3 Å². The molecule has 2 fully saturated rings. The third kappa shape index (κ3) is 1.74. The second kappa shape index (κ2) is 4.42. The van der Waals surface area contributed by atoms with Gasteiger partial charge in [-0.1, -0.05) is 25.5 Å². The van der Waals surface area contributed by atoms with Crippen LogP contribution in [0.1, 0.15) is 40.0 Å². The van der Waals surface area contributed by atoms with E-state index in [-0.39, 0.29) is 17.8 Å². The molecule has 0 spiro atoms. The molecule has 0 amide bonds. The molecule has 4 aliphatic rings. The van der Waals surface area contributed by atoms with Crippen molar-refractivity contribution in [2.75, 3.05) is 7.11 Å². The Morgan fingerprint density at radius 1 is 1.58 bits per heavy atom. The molecule has 1 aliphatic heterocycles. The minimum Gasteiger partial charge on any atom is -0.355 e. The van der Waals surface area contributed by atoms with E-state index in [2.05, 4.69) is 26.8 Å². The van der Waals surface area contributed by atoms with Crippen LogP contribution in [-0.4, -0.2) is 25.3 Å². The van der Waals surface area contributed by atoms with Gasteiger partial charge in [-0.3, -0.25) is 4.79 Å². The van der Waals surface area contributed by atoms with Gasteiger partial charge in [0, 0.05) is 31.3 Å². The van der Waals surface area contributed by atoms with Crippen LogP contribution in [0.3, 0.4) is 0 Å². The average Bonchev–Trinajstić information content (AvgIpc) is 2.45. The van der Waals surface area contributed by atoms with Gasteiger partial charge in [0.1, 0.15) is 5.78 Å². The normalized spacial score (nSPS) is 43.1. The first kappa shape index (κ1) is 13.3. The molecule has 4 rings (SSSR count). The summed E-state index contributed by atoms with van der Waals surface area (Å²) < 4.78 is 11.6. The number of allylic oxidation sites excluding steroid dienone is 1. The number of carbonyl (C=O) groups is 1. The fourth-order valence-electron chi connectivity index (χ4n) is 4.56. The lowest BCUT2D eigenvalue weighted by Crippen LogP contribution is -2.57. The lowest BCUT2D eigenvalue weighted by atomic mass is 9.46. The van der Waals surface area contributed by atoms with E-state index in [1.807, 2.05) is 0 Å². The lowest BCUT2D eigenvalue weighted by molar-refractivity contribution is -0.183. The molecule has 0 N–H and O–H groups in total. The molecule has 106 valence electrons. The van der Waals surface area contributed by atoms with E-state index in [9.17, 15) is 4.79 Å². The predicted molar refractivity (Wildman–Crippen MR) is 72.5 cm³/mol. The maximum atomic E-state index is 12.3. The van der Waals surface area contributed by atoms with Gasteiger partial charge in [0.15, 0.2) is 6.29 Å². The zero-order valence-electron chi connectivity index (χ0n) is 12.3. The van der Waals surface area contributed by atoms with Crippen LogP contribution in [-0.2, 0) is 14.3 Å². The van der Waals surface area contributed by atoms with Gasteiger partial charge in [-0.25, -0.2) is 0 Å². The Kier molecular flexibility index (Phi) is 3.10. The van der Waals surface area contributed by atoms with Crippen molar-refractivity contribution in [1.29, 1.82) is 0 Å². The zero-order chi connectivity index (χ0) is 13.8. The molecule has 0 aromatic carbocycles. The van der Waals surface area contributed by atoms with E-state index >= 15 is 0 Å². The van der Waals surface area contributed by atoms with Crippen LogP contribution in [0, 0.1) is 23.2 Å². The fraction of sp³-hybridized carbons (Fsp3) is 0.812. The second-order valence-electron chi connectivity index (χ2n) is 6.90. The van der Waals surface area contributed by atoms with Crippen molar-refractivity contribution in [2.45, 2.75) is 52.4 Å². The largest absolute Gasteiger partial charge is 0.355 e. The van der Waals surface area contributed by atoms with Crippen molar-refractivity contribution in [3.63, 3.8) is 0 Å². The fourth-order valence-corrected chi connectivity index (χ4v) is 4.56. The Labute approximate surface area is 115 Å². The maximum Gasteiger partial charge on any atom is 0.164 e. The van der Waals surface area contributed by atoms with Crippen LogP contribution in [0.2, 0.25) is 0 Å². The first-order valence-corrected chi connectivity index (χ1v) is 7.37. The Balaban J connectivity index is 1.84. The highest BCUT2D eigenvalue weighted by atomic mass is 16.7. The molecular formula is C16H24O3. The molecule has 0 aromatic rings. The summed E-state index contributed by atoms with van der Waals surface area (Å²) in [6.45, 7) is 6.38. The van der Waals surface area contributed by atoms with Crippen molar-refractivity contribution >= 4 is 5.78 Å². The molecule has 3 aliphatic carbocycles. The summed E-state index contributed by atoms with van der Waals surface area (Å²) in [5.41, 5.74) is 1.33. The molecule has 1 saturated heterocycles. The number of Topliss-reactive ketones (excluding diaryl/α,β-unsaturated/α-hetero) is 1. The first-order chi connectivity index (χ1) is 8.99. The van der Waals surface area contributed by atoms with E-state index in [0.717, 1.165) is 0 Å². The summed E-state index contributed by atoms with van der Waals surface area (Å²) in [5, 5.41) is 0. The topological polar surface area (TPSA) is 35.5 Å². The van der Waals surface area contributed by atoms with E-state index in [4.69, 9.17) is 9.47 Å². The number of ether oxygens (including phenoxy) is 2. The van der Waals surface area contributed by atoms with Gasteiger partial charge in [0.2, 0.25) is 0 Å². The van der Waals surface area contributed by atoms with Crippen molar-refractivity contribution in [3.05, 3.63) is 11.6 Å². The smallest absolute Gasteiger partial charge is 0.164 e. The van der Waals surface area contributed by atoms with Gasteiger partial charge in [-0.15, -0.1) is 0 Å². The van der Waals surface area contributed by atoms with Crippen molar-refractivity contribution in [1.82, 2.24) is 0 Å². The van der Waals surface area contributed by atoms with Gasteiger partial charge < -0.3 is 9.47 Å². The predicted octanol–water partition coefficient (Wildman–Crippen LogP) is 2.95. The minimum atomic E-state index is -0.203. The van der Waals surface area contributed by atoms with E-state index in [0.29, 0.717) is 36.4 Å². The molecule has 1 heterocycles. The number of hydrogen-bond acceptors (Lipinski definition) is 3. The van der Waals surface area contributed by atoms with E-state index < -0.39 is 0 Å². The van der Waals surface area contributed by atoms with Crippen LogP contribution in [0.4, 0.5) is 0 Å². The summed E-state index contributed by atoms with van der Waals surface area (Å²) in [6, 6.07) is 0. The van der Waals surface area contributed by atoms with Crippen LogP contribution >= 0.6 is 0 Å². The molecule has 3 nitrogen and oxygen atoms in total. The van der Waals surface area contributed by atoms with Crippen molar-refractivity contribution in [2.24, 2.45) is 23.2 Å². The van der Waals surface area contributed by atoms with E-state index in [1.165, 1.54) is 12.0 Å². The molecule has 0 radical (unpaired) electrons. The lowest BCUT2D eigenvalue weighted by Gasteiger charge is -2.56. The van der Waals surface area contributed by atoms with Crippen LogP contribution in [0.5, 0.6) is 0 Å². The highest BCUT2D eigenvalue weighted by Gasteiger charge is 2.69. The number of rotatable bonds is 5. The standard InChI is InChI=1S/C16H24O3/c1-9(2)5-11(17)8-16-12-7-13(16)14(6-10(12)3)19-15(16)18-4/h6,9,12-15H,5,7-8H2,1-4H3/t12-,13+,14-,15+,16+/m1/s1. The summed E-state index contributed by atoms with van der Waals surface area (Å²) in [4.78, 5) is 12.3. The molecule has 4 bridgehead atoms. The zero-order valence-corrected chi connectivity index (χ0v) is 12.3. The van der Waals surface area contributed by atoms with E-state index in [1.54, 1.807) is 7.11 Å². The first-order valence-electron chi connectivity index (χ1n) is 7.37. The van der Waals surface area contributed by atoms with Crippen LogP contribution < -0.4 is 0 Å². The highest BCUT2D eigenvalue weighted by Crippen LogP contribution is 2.68. The third-order valence-electron chi connectivity index (χ3n) is 5.28. The molecule has 0 aromatic heterocycles. The number of carbonyl (C=O) groups excluding carboxylic acids is 1. The molecule has 0 unspecified atom stereocenters. The molecular weight excluding hydrogens is 240 g/mol. The van der Waals surface area contributed by atoms with Crippen molar-refractivity contribution in [3.8, 4) is 0 Å². The SMILES string of the molecule is CO[C@H]1O[C@@H]2C=C(C)[C@H]3C[C@@H]2[C@@]13CC(=O)CC(C)C. The van der Waals surface area contributed by atoms with Gasteiger partial charge in [-0.05, 0) is 25.2 Å². The Morgan fingerprint density at radius 2 is 2.32 bits per heavy atom. The Hall–Kier alpha value is -0.670. The van der Waals surface area contributed by atoms with Crippen LogP contribution in [0.15, 0.2) is 11.6 Å². The number of ketones is 1. The third-order valence-corrected chi connectivity index (χ3v) is 5.28. The highest BCUT2D eigenvalue weighted by molar-refractivity contribution is 5.80. The second-order valence-corrected chi connectivity index (χ2v) is 6.90. The average molecular weight is 264 g/mol. The summed E-state index contributed by atoms with van der Waals surface area (Å²) in [6.07, 6.45) is 4.67.